The molecule has 0 amide bonds. The van der Waals surface area contributed by atoms with Crippen molar-refractivity contribution in [2.24, 2.45) is 0 Å². The highest BCUT2D eigenvalue weighted by atomic mass is 16.5. The maximum atomic E-state index is 12.1. The molecule has 2 aromatic carbocycles. The minimum atomic E-state index is -0.326. The molecule has 0 radical (unpaired) electrons. The van der Waals surface area contributed by atoms with Crippen LogP contribution >= 0.6 is 0 Å². The van der Waals surface area contributed by atoms with Crippen molar-refractivity contribution in [3.63, 3.8) is 0 Å². The molecule has 0 saturated carbocycles. The number of unbranched alkanes of at least 4 members (excludes halogenated alkanes) is 1. The summed E-state index contributed by atoms with van der Waals surface area (Å²) in [6, 6.07) is 19.9. The van der Waals surface area contributed by atoms with E-state index in [-0.39, 0.29) is 5.97 Å². The quantitative estimate of drug-likeness (QED) is 0.397. The number of esters is 1. The van der Waals surface area contributed by atoms with E-state index in [1.807, 2.05) is 24.3 Å². The molecule has 0 spiro atoms. The summed E-state index contributed by atoms with van der Waals surface area (Å²) in [6.45, 7) is 2.93. The lowest BCUT2D eigenvalue weighted by atomic mass is 9.98. The second kappa shape index (κ2) is 8.91. The first-order chi connectivity index (χ1) is 14.7. The predicted octanol–water partition coefficient (Wildman–Crippen LogP) is 5.28. The fourth-order valence-corrected chi connectivity index (χ4v) is 3.70. The van der Waals surface area contributed by atoms with Crippen molar-refractivity contribution in [3.8, 4) is 11.1 Å². The second-order valence-corrected chi connectivity index (χ2v) is 7.30. The van der Waals surface area contributed by atoms with Gasteiger partial charge in [0.05, 0.1) is 18.2 Å². The average Bonchev–Trinajstić information content (AvgIpc) is 3.15. The highest BCUT2D eigenvalue weighted by molar-refractivity contribution is 5.97. The molecule has 0 fully saturated rings. The van der Waals surface area contributed by atoms with Crippen LogP contribution in [-0.2, 0) is 17.7 Å². The zero-order valence-corrected chi connectivity index (χ0v) is 17.3. The van der Waals surface area contributed by atoms with Crippen LogP contribution in [0, 0.1) is 0 Å². The summed E-state index contributed by atoms with van der Waals surface area (Å²) in [5.74, 6) is 0.748. The van der Waals surface area contributed by atoms with E-state index in [4.69, 9.17) is 9.72 Å². The van der Waals surface area contributed by atoms with Crippen molar-refractivity contribution in [2.45, 2.75) is 32.7 Å². The number of benzene rings is 2. The standard InChI is InChI=1S/C25H25N3O2/c1-3-4-11-23-27-24-22(10-7-16-26-24)28(23)17-18-12-14-19(15-13-18)20-8-5-6-9-21(20)25(29)30-2/h5-10,12-16H,3-4,11,17H2,1-2H3. The zero-order valence-electron chi connectivity index (χ0n) is 17.3. The van der Waals surface area contributed by atoms with Crippen molar-refractivity contribution in [2.75, 3.05) is 7.11 Å². The van der Waals surface area contributed by atoms with Crippen molar-refractivity contribution in [1.29, 1.82) is 0 Å². The van der Waals surface area contributed by atoms with Crippen molar-refractivity contribution < 1.29 is 9.53 Å². The van der Waals surface area contributed by atoms with E-state index < -0.39 is 0 Å². The number of carbonyl (C=O) groups is 1. The van der Waals surface area contributed by atoms with Gasteiger partial charge in [0.1, 0.15) is 5.82 Å². The Morgan fingerprint density at radius 3 is 2.60 bits per heavy atom. The summed E-state index contributed by atoms with van der Waals surface area (Å²) in [5, 5.41) is 0. The molecule has 0 aliphatic heterocycles. The van der Waals surface area contributed by atoms with Crippen LogP contribution in [0.1, 0.15) is 41.5 Å². The topological polar surface area (TPSA) is 57.0 Å². The number of fused-ring (bicyclic) bond motifs is 1. The van der Waals surface area contributed by atoms with Gasteiger partial charge in [-0.15, -0.1) is 0 Å². The third-order valence-corrected chi connectivity index (χ3v) is 5.30. The molecule has 4 rings (SSSR count). The number of hydrogen-bond acceptors (Lipinski definition) is 4. The highest BCUT2D eigenvalue weighted by Gasteiger charge is 2.14. The number of imidazole rings is 1. The van der Waals surface area contributed by atoms with Gasteiger partial charge in [-0.2, -0.15) is 0 Å². The summed E-state index contributed by atoms with van der Waals surface area (Å²) >= 11 is 0. The van der Waals surface area contributed by atoms with Gasteiger partial charge in [0.15, 0.2) is 5.65 Å². The number of ether oxygens (including phenoxy) is 1. The van der Waals surface area contributed by atoms with Crippen molar-refractivity contribution >= 4 is 17.1 Å². The predicted molar refractivity (Wildman–Crippen MR) is 118 cm³/mol. The number of nitrogens with zero attached hydrogens (tertiary/aromatic N) is 3. The number of pyridine rings is 1. The first kappa shape index (κ1) is 19.8. The van der Waals surface area contributed by atoms with Crippen LogP contribution in [0.3, 0.4) is 0 Å². The first-order valence-electron chi connectivity index (χ1n) is 10.3. The third kappa shape index (κ3) is 3.96. The normalized spacial score (nSPS) is 11.0. The molecule has 0 N–H and O–H groups in total. The van der Waals surface area contributed by atoms with Crippen LogP contribution in [0.5, 0.6) is 0 Å². The van der Waals surface area contributed by atoms with Gasteiger partial charge in [0.25, 0.3) is 0 Å². The van der Waals surface area contributed by atoms with E-state index in [1.54, 1.807) is 12.3 Å². The van der Waals surface area contributed by atoms with E-state index in [0.29, 0.717) is 5.56 Å². The minimum Gasteiger partial charge on any atom is -0.465 e. The van der Waals surface area contributed by atoms with Crippen LogP contribution in [0.4, 0.5) is 0 Å². The Bertz CT molecular complexity index is 1160. The molecule has 2 heterocycles. The largest absolute Gasteiger partial charge is 0.465 e. The van der Waals surface area contributed by atoms with Crippen molar-refractivity contribution in [3.05, 3.63) is 83.8 Å². The molecule has 152 valence electrons. The Balaban J connectivity index is 1.65. The highest BCUT2D eigenvalue weighted by Crippen LogP contribution is 2.25. The van der Waals surface area contributed by atoms with Crippen LogP contribution in [-0.4, -0.2) is 27.6 Å². The third-order valence-electron chi connectivity index (χ3n) is 5.30. The lowest BCUT2D eigenvalue weighted by molar-refractivity contribution is 0.0601. The number of aryl methyl sites for hydroxylation is 1. The van der Waals surface area contributed by atoms with Crippen LogP contribution in [0.25, 0.3) is 22.3 Å². The number of hydrogen-bond donors (Lipinski definition) is 0. The number of rotatable bonds is 7. The van der Waals surface area contributed by atoms with Gasteiger partial charge in [0, 0.05) is 19.2 Å². The maximum absolute atomic E-state index is 12.1. The smallest absolute Gasteiger partial charge is 0.338 e. The molecule has 5 nitrogen and oxygen atoms in total. The molecule has 0 saturated heterocycles. The van der Waals surface area contributed by atoms with Gasteiger partial charge in [-0.3, -0.25) is 0 Å². The van der Waals surface area contributed by atoms with Crippen LogP contribution in [0.15, 0.2) is 66.9 Å². The van der Waals surface area contributed by atoms with Crippen LogP contribution in [0.2, 0.25) is 0 Å². The molecule has 4 aromatic rings. The summed E-state index contributed by atoms with van der Waals surface area (Å²) in [5.41, 5.74) is 5.47. The fourth-order valence-electron chi connectivity index (χ4n) is 3.70. The summed E-state index contributed by atoms with van der Waals surface area (Å²) < 4.78 is 7.18. The molecule has 0 aliphatic carbocycles. The fraction of sp³-hybridized carbons (Fsp3) is 0.240. The van der Waals surface area contributed by atoms with Gasteiger partial charge in [-0.05, 0) is 41.3 Å². The summed E-state index contributed by atoms with van der Waals surface area (Å²) in [6.07, 6.45) is 4.96. The van der Waals surface area contributed by atoms with Crippen LogP contribution < -0.4 is 0 Å². The van der Waals surface area contributed by atoms with Gasteiger partial charge in [0.2, 0.25) is 0 Å². The lowest BCUT2D eigenvalue weighted by Crippen LogP contribution is -2.06. The molecular formula is C25H25N3O2. The number of aromatic nitrogens is 3. The monoisotopic (exact) mass is 399 g/mol. The number of carbonyl (C=O) groups excluding carboxylic acids is 1. The molecule has 2 aromatic heterocycles. The lowest BCUT2D eigenvalue weighted by Gasteiger charge is -2.11. The second-order valence-electron chi connectivity index (χ2n) is 7.30. The Kier molecular flexibility index (Phi) is 5.89. The maximum Gasteiger partial charge on any atom is 0.338 e. The molecule has 30 heavy (non-hydrogen) atoms. The molecule has 0 aliphatic rings. The van der Waals surface area contributed by atoms with Crippen molar-refractivity contribution in [1.82, 2.24) is 14.5 Å². The van der Waals surface area contributed by atoms with E-state index in [0.717, 1.165) is 53.9 Å². The SMILES string of the molecule is CCCCc1nc2ncccc2n1Cc1ccc(-c2ccccc2C(=O)OC)cc1. The van der Waals surface area contributed by atoms with Gasteiger partial charge >= 0.3 is 5.97 Å². The Morgan fingerprint density at radius 1 is 1.03 bits per heavy atom. The molecule has 5 heteroatoms. The van der Waals surface area contributed by atoms with Gasteiger partial charge in [-0.25, -0.2) is 14.8 Å². The number of methoxy groups -OCH3 is 1. The van der Waals surface area contributed by atoms with Gasteiger partial charge in [-0.1, -0.05) is 55.8 Å². The van der Waals surface area contributed by atoms with E-state index in [9.17, 15) is 4.79 Å². The first-order valence-corrected chi connectivity index (χ1v) is 10.3. The van der Waals surface area contributed by atoms with Gasteiger partial charge < -0.3 is 9.30 Å². The summed E-state index contributed by atoms with van der Waals surface area (Å²) in [4.78, 5) is 21.3. The van der Waals surface area contributed by atoms with E-state index in [1.165, 1.54) is 12.7 Å². The zero-order chi connectivity index (χ0) is 20.9. The molecular weight excluding hydrogens is 374 g/mol. The van der Waals surface area contributed by atoms with E-state index >= 15 is 0 Å². The molecule has 0 bridgehead atoms. The molecule has 0 unspecified atom stereocenters. The summed E-state index contributed by atoms with van der Waals surface area (Å²) in [7, 11) is 1.41. The Hall–Kier alpha value is -3.47. The average molecular weight is 399 g/mol. The van der Waals surface area contributed by atoms with E-state index in [2.05, 4.69) is 46.8 Å². The Morgan fingerprint density at radius 2 is 1.83 bits per heavy atom. The molecule has 0 atom stereocenters. The Labute approximate surface area is 176 Å². The minimum absolute atomic E-state index is 0.326.